The summed E-state index contributed by atoms with van der Waals surface area (Å²) in [6.07, 6.45) is 7.40. The predicted octanol–water partition coefficient (Wildman–Crippen LogP) is 5.19. The number of aliphatic hydroxyl groups is 1. The number of ketones is 3. The number of nitrogens with zero attached hydrogens (tertiary/aromatic N) is 2. The van der Waals surface area contributed by atoms with E-state index in [9.17, 15) is 48.3 Å². The first-order chi connectivity index (χ1) is 38.4. The van der Waals surface area contributed by atoms with Crippen molar-refractivity contribution < 1.29 is 67.2 Å². The van der Waals surface area contributed by atoms with E-state index in [0.29, 0.717) is 43.5 Å². The molecular weight excluding hydrogens is 1040 g/mol. The van der Waals surface area contributed by atoms with E-state index in [1.165, 1.54) is 23.9 Å². The molecule has 22 heteroatoms. The molecule has 9 N–H and O–H groups in total. The quantitative estimate of drug-likeness (QED) is 0.0531. The SMILES string of the molecule is CCCCNC(=O)[C@H](N)CCC(=O)N[C@H](C(=O)C[C@@H](CCCNC(N)=O)C(=O)Nc1ccc(COC(=O)N(C)CCN(C)C(=O)OCC(=O)[C@@]23OC(CCC)O[C@@H]2C[C@H]2[C@@H]4CCC5=CC(=O)C=C[C@]5(C)[C@H]4[C@@H](O)C[C@@]23C)cc1)C(C)C. The fourth-order valence-corrected chi connectivity index (χ4v) is 13.1. The highest BCUT2D eigenvalue weighted by Crippen LogP contribution is 2.69. The molecule has 12 atom stereocenters. The Morgan fingerprint density at radius 1 is 0.901 bits per heavy atom. The van der Waals surface area contributed by atoms with E-state index >= 15 is 0 Å². The van der Waals surface area contributed by atoms with Crippen molar-refractivity contribution >= 4 is 59.0 Å². The molecule has 81 heavy (non-hydrogen) atoms. The molecule has 1 aromatic rings. The number of hydrogen-bond donors (Lipinski definition) is 7. The van der Waals surface area contributed by atoms with E-state index in [4.69, 9.17) is 30.4 Å². The Balaban J connectivity index is 0.974. The maximum Gasteiger partial charge on any atom is 0.409 e. The summed E-state index contributed by atoms with van der Waals surface area (Å²) in [5.74, 6) is -3.45. The zero-order chi connectivity index (χ0) is 59.4. The predicted molar refractivity (Wildman–Crippen MR) is 299 cm³/mol. The normalized spacial score (nSPS) is 27.2. The van der Waals surface area contributed by atoms with Gasteiger partial charge >= 0.3 is 18.2 Å². The fourth-order valence-electron chi connectivity index (χ4n) is 13.1. The summed E-state index contributed by atoms with van der Waals surface area (Å²) in [4.78, 5) is 120. The number of carbonyl (C=O) groups excluding carboxylic acids is 9. The van der Waals surface area contributed by atoms with Crippen LogP contribution in [0.3, 0.4) is 0 Å². The second-order valence-electron chi connectivity index (χ2n) is 23.6. The van der Waals surface area contributed by atoms with Gasteiger partial charge in [0.2, 0.25) is 23.5 Å². The van der Waals surface area contributed by atoms with E-state index in [2.05, 4.69) is 28.2 Å². The number of amides is 7. The van der Waals surface area contributed by atoms with Gasteiger partial charge in [0, 0.05) is 81.5 Å². The van der Waals surface area contributed by atoms with Crippen LogP contribution in [0.1, 0.15) is 131 Å². The van der Waals surface area contributed by atoms with Crippen molar-refractivity contribution in [2.75, 3.05) is 52.2 Å². The summed E-state index contributed by atoms with van der Waals surface area (Å²) in [7, 11) is 3.01. The third-order valence-corrected chi connectivity index (χ3v) is 17.6. The number of rotatable bonds is 28. The minimum Gasteiger partial charge on any atom is -0.445 e. The summed E-state index contributed by atoms with van der Waals surface area (Å²) in [6.45, 7) is 11.7. The average molecular weight is 1130 g/mol. The number of allylic oxidation sites excluding steroid dienone is 4. The summed E-state index contributed by atoms with van der Waals surface area (Å²) in [5, 5.41) is 22.9. The monoisotopic (exact) mass is 1130 g/mol. The molecule has 0 bridgehead atoms. The Morgan fingerprint density at radius 3 is 2.23 bits per heavy atom. The number of nitrogens with two attached hydrogens (primary N) is 2. The van der Waals surface area contributed by atoms with Crippen molar-refractivity contribution in [1.29, 1.82) is 0 Å². The summed E-state index contributed by atoms with van der Waals surface area (Å²) >= 11 is 0. The maximum absolute atomic E-state index is 14.7. The molecule has 3 saturated carbocycles. The van der Waals surface area contributed by atoms with E-state index in [0.717, 1.165) is 31.3 Å². The number of benzene rings is 1. The van der Waals surface area contributed by atoms with Gasteiger partial charge in [-0.1, -0.05) is 78.2 Å². The molecule has 1 aliphatic heterocycles. The van der Waals surface area contributed by atoms with E-state index in [-0.39, 0.29) is 99.5 Å². The number of unbranched alkanes of at least 4 members (excludes halogenated alkanes) is 1. The zero-order valence-corrected chi connectivity index (χ0v) is 48.6. The third-order valence-electron chi connectivity index (χ3n) is 17.6. The van der Waals surface area contributed by atoms with Gasteiger partial charge < -0.3 is 66.6 Å². The van der Waals surface area contributed by atoms with Crippen molar-refractivity contribution in [3.8, 4) is 0 Å². The number of carbonyl (C=O) groups is 9. The number of ether oxygens (including phenoxy) is 4. The van der Waals surface area contributed by atoms with Crippen LogP contribution in [-0.2, 0) is 54.3 Å². The highest BCUT2D eigenvalue weighted by molar-refractivity contribution is 6.01. The molecule has 22 nitrogen and oxygen atoms in total. The van der Waals surface area contributed by atoms with Gasteiger partial charge in [-0.15, -0.1) is 0 Å². The number of nitrogens with one attached hydrogen (secondary N) is 4. The molecule has 6 rings (SSSR count). The number of aliphatic hydroxyl groups excluding tert-OH is 1. The first-order valence-electron chi connectivity index (χ1n) is 28.9. The van der Waals surface area contributed by atoms with Crippen molar-refractivity contribution in [3.63, 3.8) is 0 Å². The first-order valence-corrected chi connectivity index (χ1v) is 28.9. The molecule has 7 amide bonds. The van der Waals surface area contributed by atoms with Gasteiger partial charge in [0.25, 0.3) is 0 Å². The van der Waals surface area contributed by atoms with Crippen LogP contribution < -0.4 is 32.7 Å². The van der Waals surface area contributed by atoms with Crippen LogP contribution in [0, 0.1) is 40.4 Å². The number of hydrogen-bond acceptors (Lipinski definition) is 15. The molecule has 0 spiro atoms. The molecule has 5 aliphatic rings. The molecule has 4 aliphatic carbocycles. The number of urea groups is 1. The minimum absolute atomic E-state index is 0.0283. The van der Waals surface area contributed by atoms with E-state index in [1.807, 2.05) is 26.8 Å². The molecule has 4 fully saturated rings. The fraction of sp³-hybridized carbons (Fsp3) is 0.678. The third kappa shape index (κ3) is 15.1. The molecule has 0 radical (unpaired) electrons. The second kappa shape index (κ2) is 28.2. The van der Waals surface area contributed by atoms with Crippen molar-refractivity contribution in [1.82, 2.24) is 25.8 Å². The van der Waals surface area contributed by atoms with Crippen LogP contribution in [0.25, 0.3) is 0 Å². The molecule has 448 valence electrons. The van der Waals surface area contributed by atoms with Crippen LogP contribution in [0.2, 0.25) is 0 Å². The average Bonchev–Trinajstić information content (AvgIpc) is 3.78. The Morgan fingerprint density at radius 2 is 1.58 bits per heavy atom. The lowest BCUT2D eigenvalue weighted by molar-refractivity contribution is -0.200. The van der Waals surface area contributed by atoms with Gasteiger partial charge in [0.05, 0.1) is 24.3 Å². The standard InChI is InChI=1S/C59H88N8O14/c1-9-11-25-62-53(74)43(60)21-22-48(72)65-51(35(3)4)44(69)29-37(14-12-26-63-54(61)75)52(73)64-39-18-15-36(16-19-39)33-78-55(76)66(7)27-28-67(8)56(77)79-34-46(71)59-47(80-49(81-59)13-10-2)31-42-41-20-17-38-30-40(68)23-24-57(38,5)50(41)45(70)32-58(42,59)6/h15-16,18-19,23-24,30,35,37,41-43,45,47,49-51,70H,9-14,17,20-22,25-29,31-34,60H2,1-8H3,(H,62,74)(H,64,73)(H,65,72)(H3,61,63,75)/t37-,41+,42+,43-,45+,47-,49?,50-,51+,57+,58+,59-/m1/s1. The minimum atomic E-state index is -1.46. The van der Waals surface area contributed by atoms with Gasteiger partial charge in [0.15, 0.2) is 30.1 Å². The molecule has 1 heterocycles. The van der Waals surface area contributed by atoms with Crippen molar-refractivity contribution in [3.05, 3.63) is 53.6 Å². The van der Waals surface area contributed by atoms with Crippen molar-refractivity contribution in [2.45, 2.75) is 168 Å². The number of likely N-dealkylation sites (N-methyl/N-ethyl adjacent to an activating group) is 2. The van der Waals surface area contributed by atoms with Crippen LogP contribution in [0.4, 0.5) is 20.1 Å². The second-order valence-corrected chi connectivity index (χ2v) is 23.6. The Hall–Kier alpha value is -6.23. The van der Waals surface area contributed by atoms with Gasteiger partial charge in [-0.3, -0.25) is 28.8 Å². The highest BCUT2D eigenvalue weighted by Gasteiger charge is 2.76. The molecule has 1 unspecified atom stereocenters. The van der Waals surface area contributed by atoms with Gasteiger partial charge in [0.1, 0.15) is 6.61 Å². The largest absolute Gasteiger partial charge is 0.445 e. The maximum atomic E-state index is 14.7. The van der Waals surface area contributed by atoms with Gasteiger partial charge in [-0.05, 0) is 105 Å². The Kier molecular flexibility index (Phi) is 22.2. The number of anilines is 1. The highest BCUT2D eigenvalue weighted by atomic mass is 16.7. The van der Waals surface area contributed by atoms with Crippen molar-refractivity contribution in [2.24, 2.45) is 51.9 Å². The summed E-state index contributed by atoms with van der Waals surface area (Å²) in [5.41, 5.74) is 10.5. The van der Waals surface area contributed by atoms with E-state index < -0.39 is 95.4 Å². The topological polar surface area (TPSA) is 317 Å². The molecule has 0 aromatic heterocycles. The lowest BCUT2D eigenvalue weighted by Gasteiger charge is -2.59. The molecular formula is C59H88N8O14. The Bertz CT molecular complexity index is 2520. The number of fused-ring (bicyclic) bond motifs is 7. The van der Waals surface area contributed by atoms with Crippen LogP contribution >= 0.6 is 0 Å². The smallest absolute Gasteiger partial charge is 0.409 e. The Labute approximate surface area is 475 Å². The van der Waals surface area contributed by atoms with Crippen LogP contribution in [-0.4, -0.2) is 151 Å². The van der Waals surface area contributed by atoms with Gasteiger partial charge in [-0.25, -0.2) is 14.4 Å². The lowest BCUT2D eigenvalue weighted by Crippen LogP contribution is -2.63. The summed E-state index contributed by atoms with van der Waals surface area (Å²) < 4.78 is 24.4. The van der Waals surface area contributed by atoms with Crippen LogP contribution in [0.5, 0.6) is 0 Å². The molecule has 1 aromatic carbocycles. The van der Waals surface area contributed by atoms with E-state index in [1.54, 1.807) is 50.3 Å². The zero-order valence-electron chi connectivity index (χ0n) is 48.6. The van der Waals surface area contributed by atoms with Gasteiger partial charge in [-0.2, -0.15) is 0 Å². The first kappa shape index (κ1) is 63.9. The number of primary amides is 1. The van der Waals surface area contributed by atoms with Crippen LogP contribution in [0.15, 0.2) is 48.1 Å². The summed E-state index contributed by atoms with van der Waals surface area (Å²) in [6, 6.07) is 4.02. The number of Topliss-reactive ketones (excluding diaryl/α,β-unsaturated/α-hetero) is 2. The lowest BCUT2D eigenvalue weighted by atomic mass is 9.46. The molecule has 1 saturated heterocycles.